The first-order valence-electron chi connectivity index (χ1n) is 9.72. The van der Waals surface area contributed by atoms with Crippen molar-refractivity contribution in [2.75, 3.05) is 6.61 Å². The number of hydrogen-bond acceptors (Lipinski definition) is 4. The fourth-order valence-electron chi connectivity index (χ4n) is 3.54. The van der Waals surface area contributed by atoms with Gasteiger partial charge in [0, 0.05) is 18.0 Å². The van der Waals surface area contributed by atoms with E-state index in [1.165, 1.54) is 5.57 Å². The Morgan fingerprint density at radius 1 is 1.29 bits per heavy atom. The molecule has 3 rings (SSSR count). The molecule has 1 saturated heterocycles. The second kappa shape index (κ2) is 9.40. The zero-order valence-corrected chi connectivity index (χ0v) is 16.3. The van der Waals surface area contributed by atoms with Gasteiger partial charge in [-0.1, -0.05) is 48.6 Å². The molecule has 5 heteroatoms. The van der Waals surface area contributed by atoms with Crippen molar-refractivity contribution in [2.24, 2.45) is 5.92 Å². The lowest BCUT2D eigenvalue weighted by Gasteiger charge is -2.18. The summed E-state index contributed by atoms with van der Waals surface area (Å²) in [6, 6.07) is 9.71. The Bertz CT molecular complexity index is 794. The van der Waals surface area contributed by atoms with E-state index in [2.05, 4.69) is 24.9 Å². The lowest BCUT2D eigenvalue weighted by Crippen LogP contribution is -2.24. The quantitative estimate of drug-likeness (QED) is 0.475. The van der Waals surface area contributed by atoms with Crippen molar-refractivity contribution in [1.82, 2.24) is 5.32 Å². The van der Waals surface area contributed by atoms with Gasteiger partial charge in [-0.2, -0.15) is 0 Å². The summed E-state index contributed by atoms with van der Waals surface area (Å²) in [6.45, 7) is 6.64. The molecule has 28 heavy (non-hydrogen) atoms. The second-order valence-electron chi connectivity index (χ2n) is 7.37. The third kappa shape index (κ3) is 5.35. The van der Waals surface area contributed by atoms with Gasteiger partial charge in [0.2, 0.25) is 0 Å². The third-order valence-electron chi connectivity index (χ3n) is 5.21. The number of benzene rings is 1. The number of allylic oxidation sites excluding steroid dienone is 2. The molecule has 2 atom stereocenters. The molecule has 5 nitrogen and oxygen atoms in total. The topological polar surface area (TPSA) is 64.6 Å². The number of alkyl carbamates (subject to hydrolysis) is 1. The summed E-state index contributed by atoms with van der Waals surface area (Å²) in [7, 11) is 0. The predicted molar refractivity (Wildman–Crippen MR) is 107 cm³/mol. The zero-order chi connectivity index (χ0) is 19.9. The summed E-state index contributed by atoms with van der Waals surface area (Å²) in [5, 5.41) is 2.77. The maximum atomic E-state index is 12.0. The van der Waals surface area contributed by atoms with Gasteiger partial charge >= 0.3 is 12.1 Å². The maximum Gasteiger partial charge on any atom is 0.407 e. The third-order valence-corrected chi connectivity index (χ3v) is 5.21. The van der Waals surface area contributed by atoms with Crippen LogP contribution in [0.15, 0.2) is 65.8 Å². The minimum absolute atomic E-state index is 0.0177. The highest BCUT2D eigenvalue weighted by Gasteiger charge is 2.37. The summed E-state index contributed by atoms with van der Waals surface area (Å²) in [5.41, 5.74) is 3.82. The highest BCUT2D eigenvalue weighted by molar-refractivity contribution is 5.91. The smallest absolute Gasteiger partial charge is 0.407 e. The highest BCUT2D eigenvalue weighted by Crippen LogP contribution is 2.34. The molecule has 0 aromatic heterocycles. The first-order valence-corrected chi connectivity index (χ1v) is 9.72. The van der Waals surface area contributed by atoms with Gasteiger partial charge in [-0.3, -0.25) is 0 Å². The van der Waals surface area contributed by atoms with Gasteiger partial charge in [0.15, 0.2) is 0 Å². The standard InChI is InChI=1S/C23H27NO4/c1-16-7-6-10-19(11-12-20-17(2)22(25)28-21(20)13-16)15-27-23(26)24-14-18-8-4-3-5-9-18/h3-5,8-10,13,20-21H,2,6-7,11-12,14-15H2,1H3,(H,24,26)/b16-13+,19-10+. The number of rotatable bonds is 4. The Balaban J connectivity index is 1.54. The van der Waals surface area contributed by atoms with Gasteiger partial charge in [0.25, 0.3) is 0 Å². The van der Waals surface area contributed by atoms with E-state index in [4.69, 9.17) is 9.47 Å². The molecule has 1 amide bonds. The van der Waals surface area contributed by atoms with Crippen molar-refractivity contribution < 1.29 is 19.1 Å². The molecule has 1 aromatic rings. The second-order valence-corrected chi connectivity index (χ2v) is 7.37. The van der Waals surface area contributed by atoms with Crippen LogP contribution in [0.5, 0.6) is 0 Å². The molecule has 1 aliphatic carbocycles. The number of ether oxygens (including phenoxy) is 2. The Labute approximate surface area is 166 Å². The van der Waals surface area contributed by atoms with Crippen LogP contribution in [-0.4, -0.2) is 24.8 Å². The lowest BCUT2D eigenvalue weighted by atomic mass is 9.88. The first-order chi connectivity index (χ1) is 13.5. The monoisotopic (exact) mass is 381 g/mol. The SMILES string of the molecule is C=C1C(=O)OC2/C=C(\C)CC/C=C(/COC(=O)NCc3ccccc3)CCC12. The van der Waals surface area contributed by atoms with E-state index in [0.29, 0.717) is 12.1 Å². The van der Waals surface area contributed by atoms with E-state index in [1.54, 1.807) is 0 Å². The van der Waals surface area contributed by atoms with Crippen molar-refractivity contribution in [2.45, 2.75) is 45.3 Å². The van der Waals surface area contributed by atoms with Gasteiger partial charge in [0.1, 0.15) is 12.7 Å². The number of esters is 1. The molecule has 148 valence electrons. The molecule has 2 aliphatic rings. The fourth-order valence-corrected chi connectivity index (χ4v) is 3.54. The Kier molecular flexibility index (Phi) is 6.69. The average molecular weight is 381 g/mol. The number of carbonyl (C=O) groups excluding carboxylic acids is 2. The summed E-state index contributed by atoms with van der Waals surface area (Å²) in [6.07, 6.45) is 6.79. The fraction of sp³-hybridized carbons (Fsp3) is 0.391. The molecule has 1 aliphatic heterocycles. The Hall–Kier alpha value is -2.82. The number of fused-ring (bicyclic) bond motifs is 1. The van der Waals surface area contributed by atoms with Crippen molar-refractivity contribution in [3.05, 3.63) is 71.3 Å². The number of hydrogen-bond donors (Lipinski definition) is 1. The van der Waals surface area contributed by atoms with E-state index in [9.17, 15) is 9.59 Å². The van der Waals surface area contributed by atoms with Crippen LogP contribution in [-0.2, 0) is 20.8 Å². The van der Waals surface area contributed by atoms with Gasteiger partial charge in [-0.15, -0.1) is 0 Å². The summed E-state index contributed by atoms with van der Waals surface area (Å²) < 4.78 is 10.9. The zero-order valence-electron chi connectivity index (χ0n) is 16.3. The highest BCUT2D eigenvalue weighted by atomic mass is 16.6. The summed E-state index contributed by atoms with van der Waals surface area (Å²) in [4.78, 5) is 23.9. The molecule has 1 fully saturated rings. The Morgan fingerprint density at radius 2 is 2.07 bits per heavy atom. The van der Waals surface area contributed by atoms with E-state index < -0.39 is 6.09 Å². The molecule has 2 unspecified atom stereocenters. The van der Waals surface area contributed by atoms with Crippen molar-refractivity contribution in [3.8, 4) is 0 Å². The normalized spacial score (nSPS) is 26.2. The van der Waals surface area contributed by atoms with Crippen LogP contribution in [0.25, 0.3) is 0 Å². The molecular weight excluding hydrogens is 354 g/mol. The molecule has 1 aromatic carbocycles. The van der Waals surface area contributed by atoms with Crippen LogP contribution in [0.1, 0.15) is 38.2 Å². The Morgan fingerprint density at radius 3 is 2.86 bits per heavy atom. The predicted octanol–water partition coefficient (Wildman–Crippen LogP) is 4.46. The van der Waals surface area contributed by atoms with Crippen LogP contribution >= 0.6 is 0 Å². The van der Waals surface area contributed by atoms with Crippen LogP contribution in [0.3, 0.4) is 0 Å². The van der Waals surface area contributed by atoms with Crippen LogP contribution in [0, 0.1) is 5.92 Å². The van der Waals surface area contributed by atoms with Crippen molar-refractivity contribution >= 4 is 12.1 Å². The molecular formula is C23H27NO4. The van der Waals surface area contributed by atoms with Gasteiger partial charge in [-0.05, 0) is 49.8 Å². The van der Waals surface area contributed by atoms with Crippen LogP contribution in [0.4, 0.5) is 4.79 Å². The molecule has 1 heterocycles. The molecule has 0 spiro atoms. The minimum Gasteiger partial charge on any atom is -0.454 e. The molecule has 0 radical (unpaired) electrons. The van der Waals surface area contributed by atoms with E-state index in [-0.39, 0.29) is 24.6 Å². The first kappa shape index (κ1) is 19.9. The van der Waals surface area contributed by atoms with E-state index in [0.717, 1.165) is 36.8 Å². The van der Waals surface area contributed by atoms with Crippen LogP contribution in [0.2, 0.25) is 0 Å². The molecule has 1 N–H and O–H groups in total. The molecule has 0 bridgehead atoms. The van der Waals surface area contributed by atoms with E-state index >= 15 is 0 Å². The van der Waals surface area contributed by atoms with Crippen molar-refractivity contribution in [1.29, 1.82) is 0 Å². The van der Waals surface area contributed by atoms with E-state index in [1.807, 2.05) is 36.4 Å². The number of amides is 1. The maximum absolute atomic E-state index is 12.0. The summed E-state index contributed by atoms with van der Waals surface area (Å²) in [5.74, 6) is -0.323. The van der Waals surface area contributed by atoms with Gasteiger partial charge in [-0.25, -0.2) is 9.59 Å². The van der Waals surface area contributed by atoms with Crippen molar-refractivity contribution in [3.63, 3.8) is 0 Å². The minimum atomic E-state index is -0.431. The molecule has 0 saturated carbocycles. The number of carbonyl (C=O) groups is 2. The summed E-state index contributed by atoms with van der Waals surface area (Å²) >= 11 is 0. The van der Waals surface area contributed by atoms with Gasteiger partial charge < -0.3 is 14.8 Å². The van der Waals surface area contributed by atoms with Gasteiger partial charge in [0.05, 0.1) is 0 Å². The lowest BCUT2D eigenvalue weighted by molar-refractivity contribution is -0.137. The average Bonchev–Trinajstić information content (AvgIpc) is 2.95. The largest absolute Gasteiger partial charge is 0.454 e. The number of nitrogens with one attached hydrogen (secondary N) is 1. The van der Waals surface area contributed by atoms with Crippen LogP contribution < -0.4 is 5.32 Å².